The fraction of sp³-hybridized carbons (Fsp3) is 0.650. The number of aliphatic carboxylic acids is 1. The molecule has 3 aliphatic rings. The van der Waals surface area contributed by atoms with Crippen molar-refractivity contribution in [3.05, 3.63) is 29.6 Å². The van der Waals surface area contributed by atoms with E-state index in [-0.39, 0.29) is 16.8 Å². The van der Waals surface area contributed by atoms with Gasteiger partial charge in [0.15, 0.2) is 5.67 Å². The number of carbonyl (C=O) groups is 2. The van der Waals surface area contributed by atoms with Gasteiger partial charge in [0.1, 0.15) is 0 Å². The van der Waals surface area contributed by atoms with Crippen LogP contribution in [-0.2, 0) is 20.9 Å². The maximum Gasteiger partial charge on any atom is 0.490 e. The van der Waals surface area contributed by atoms with E-state index in [1.54, 1.807) is 4.90 Å². The van der Waals surface area contributed by atoms with E-state index < -0.39 is 17.8 Å². The topological polar surface area (TPSA) is 79.7 Å². The summed E-state index contributed by atoms with van der Waals surface area (Å²) in [6, 6.07) is 5.95. The smallest absolute Gasteiger partial charge is 0.475 e. The molecule has 172 valence electrons. The number of aromatic nitrogens is 1. The first-order valence-electron chi connectivity index (χ1n) is 9.89. The summed E-state index contributed by atoms with van der Waals surface area (Å²) in [5.74, 6) is -2.10. The molecule has 1 atom stereocenters. The van der Waals surface area contributed by atoms with Crippen molar-refractivity contribution in [3.63, 3.8) is 0 Å². The third kappa shape index (κ3) is 5.68. The number of hydrogen-bond donors (Lipinski definition) is 1. The predicted octanol–water partition coefficient (Wildman–Crippen LogP) is 3.52. The van der Waals surface area contributed by atoms with Gasteiger partial charge >= 0.3 is 12.1 Å². The lowest BCUT2D eigenvalue weighted by Gasteiger charge is -2.50. The Kier molecular flexibility index (Phi) is 6.85. The van der Waals surface area contributed by atoms with Crippen molar-refractivity contribution in [1.82, 2.24) is 9.88 Å². The lowest BCUT2D eigenvalue weighted by Crippen LogP contribution is -2.65. The van der Waals surface area contributed by atoms with Crippen LogP contribution in [0.1, 0.15) is 37.1 Å². The molecule has 11 heteroatoms. The van der Waals surface area contributed by atoms with E-state index in [0.29, 0.717) is 32.5 Å². The summed E-state index contributed by atoms with van der Waals surface area (Å²) in [6.45, 7) is 3.85. The number of alkyl halides is 4. The molecule has 1 amide bonds. The van der Waals surface area contributed by atoms with Gasteiger partial charge in [-0.05, 0) is 44.7 Å². The molecule has 4 rings (SSSR count). The van der Waals surface area contributed by atoms with Crippen molar-refractivity contribution in [2.75, 3.05) is 18.8 Å². The second-order valence-electron chi connectivity index (χ2n) is 8.18. The number of carboxylic acid groups (broad SMARTS) is 1. The number of ether oxygens (including phenoxy) is 1. The molecule has 0 radical (unpaired) electrons. The average molecular weight is 464 g/mol. The minimum absolute atomic E-state index is 0.0838. The van der Waals surface area contributed by atoms with E-state index in [4.69, 9.17) is 14.6 Å². The molecule has 1 unspecified atom stereocenters. The second kappa shape index (κ2) is 8.93. The van der Waals surface area contributed by atoms with Crippen molar-refractivity contribution < 1.29 is 37.0 Å². The second-order valence-corrected chi connectivity index (χ2v) is 9.67. The van der Waals surface area contributed by atoms with Crippen molar-refractivity contribution in [3.8, 4) is 0 Å². The number of amides is 1. The average Bonchev–Trinajstić information content (AvgIpc) is 3.07. The summed E-state index contributed by atoms with van der Waals surface area (Å²) in [6.07, 6.45) is -2.32. The molecule has 0 aromatic carbocycles. The number of nitrogens with zero attached hydrogens (tertiary/aromatic N) is 2. The molecule has 2 saturated heterocycles. The van der Waals surface area contributed by atoms with Crippen LogP contribution in [0.15, 0.2) is 18.2 Å². The molecule has 0 bridgehead atoms. The Hall–Kier alpha value is -1.88. The van der Waals surface area contributed by atoms with Crippen LogP contribution in [0.25, 0.3) is 0 Å². The summed E-state index contributed by atoms with van der Waals surface area (Å²) in [5, 5.41) is 7.12. The van der Waals surface area contributed by atoms with Crippen molar-refractivity contribution in [2.45, 2.75) is 61.9 Å². The first kappa shape index (κ1) is 23.8. The van der Waals surface area contributed by atoms with E-state index in [1.165, 1.54) is 0 Å². The summed E-state index contributed by atoms with van der Waals surface area (Å²) >= 11 is 1.87. The molecule has 1 aromatic rings. The zero-order chi connectivity index (χ0) is 22.9. The molecule has 1 spiro atoms. The molecule has 3 heterocycles. The standard InChI is InChI=1S/C18H23FN2O2S.C2HF3O2/c1-13-4-2-5-14(20-13)9-23-15-8-17(24-10-15)11-21(12-17)16(22)18(19)6-3-7-18;3-2(4,5)1(6)7/h2,4-5,15H,3,6-12H2,1H3;(H,6,7). The lowest BCUT2D eigenvalue weighted by atomic mass is 9.79. The monoisotopic (exact) mass is 464 g/mol. The highest BCUT2D eigenvalue weighted by molar-refractivity contribution is 8.01. The Bertz CT molecular complexity index is 826. The Morgan fingerprint density at radius 1 is 1.32 bits per heavy atom. The molecule has 3 fully saturated rings. The van der Waals surface area contributed by atoms with Crippen LogP contribution in [0, 0.1) is 6.92 Å². The van der Waals surface area contributed by atoms with Crippen molar-refractivity contribution in [2.24, 2.45) is 0 Å². The van der Waals surface area contributed by atoms with E-state index in [9.17, 15) is 22.4 Å². The quantitative estimate of drug-likeness (QED) is 0.687. The van der Waals surface area contributed by atoms with Gasteiger partial charge in [0.05, 0.1) is 23.2 Å². The summed E-state index contributed by atoms with van der Waals surface area (Å²) < 4.78 is 52.1. The van der Waals surface area contributed by atoms with Gasteiger partial charge in [0, 0.05) is 24.5 Å². The molecule has 1 saturated carbocycles. The van der Waals surface area contributed by atoms with Gasteiger partial charge in [-0.3, -0.25) is 9.78 Å². The first-order valence-corrected chi connectivity index (χ1v) is 10.9. The zero-order valence-electron chi connectivity index (χ0n) is 17.0. The van der Waals surface area contributed by atoms with E-state index in [2.05, 4.69) is 4.98 Å². The fourth-order valence-electron chi connectivity index (χ4n) is 3.79. The number of pyridine rings is 1. The van der Waals surface area contributed by atoms with Crippen LogP contribution in [0.3, 0.4) is 0 Å². The van der Waals surface area contributed by atoms with Crippen LogP contribution in [0.2, 0.25) is 0 Å². The summed E-state index contributed by atoms with van der Waals surface area (Å²) in [7, 11) is 0. The number of rotatable bonds is 4. The Balaban J connectivity index is 0.000000339. The van der Waals surface area contributed by atoms with Gasteiger partial charge in [0.2, 0.25) is 0 Å². The number of carboxylic acids is 1. The number of likely N-dealkylation sites (tertiary alicyclic amines) is 1. The molecular formula is C20H24F4N2O4S. The number of thioether (sulfide) groups is 1. The van der Waals surface area contributed by atoms with E-state index >= 15 is 0 Å². The van der Waals surface area contributed by atoms with Crippen molar-refractivity contribution in [1.29, 1.82) is 0 Å². The SMILES string of the molecule is Cc1cccc(COC2CSC3(C2)CN(C(=O)C2(F)CCC2)C3)n1.O=C(O)C(F)(F)F. The Morgan fingerprint density at radius 3 is 2.48 bits per heavy atom. The van der Waals surface area contributed by atoms with Gasteiger partial charge in [-0.1, -0.05) is 6.07 Å². The lowest BCUT2D eigenvalue weighted by molar-refractivity contribution is -0.192. The maximum atomic E-state index is 14.2. The molecule has 1 N–H and O–H groups in total. The van der Waals surface area contributed by atoms with Crippen molar-refractivity contribution >= 4 is 23.6 Å². The molecule has 2 aliphatic heterocycles. The van der Waals surface area contributed by atoms with Crippen LogP contribution < -0.4 is 0 Å². The van der Waals surface area contributed by atoms with Crippen LogP contribution >= 0.6 is 11.8 Å². The number of carbonyl (C=O) groups excluding carboxylic acids is 1. The number of hydrogen-bond acceptors (Lipinski definition) is 5. The third-order valence-corrected chi connectivity index (χ3v) is 7.18. The highest BCUT2D eigenvalue weighted by Crippen LogP contribution is 2.48. The molecule has 6 nitrogen and oxygen atoms in total. The van der Waals surface area contributed by atoms with Gasteiger partial charge in [-0.25, -0.2) is 9.18 Å². The van der Waals surface area contributed by atoms with Gasteiger partial charge in [0.25, 0.3) is 5.91 Å². The number of aryl methyl sites for hydroxylation is 1. The summed E-state index contributed by atoms with van der Waals surface area (Å²) in [4.78, 5) is 27.3. The van der Waals surface area contributed by atoms with Gasteiger partial charge < -0.3 is 14.7 Å². The molecule has 1 aromatic heterocycles. The maximum absolute atomic E-state index is 14.2. The largest absolute Gasteiger partial charge is 0.490 e. The van der Waals surface area contributed by atoms with E-state index in [1.807, 2.05) is 36.9 Å². The highest BCUT2D eigenvalue weighted by atomic mass is 32.2. The number of halogens is 4. The van der Waals surface area contributed by atoms with Crippen LogP contribution in [-0.4, -0.2) is 68.4 Å². The van der Waals surface area contributed by atoms with Gasteiger partial charge in [-0.2, -0.15) is 13.2 Å². The normalized spacial score (nSPS) is 23.4. The Labute approximate surface area is 181 Å². The first-order chi connectivity index (χ1) is 14.4. The zero-order valence-corrected chi connectivity index (χ0v) is 17.8. The van der Waals surface area contributed by atoms with E-state index in [0.717, 1.165) is 30.0 Å². The van der Waals surface area contributed by atoms with Crippen LogP contribution in [0.4, 0.5) is 17.6 Å². The van der Waals surface area contributed by atoms with Crippen LogP contribution in [0.5, 0.6) is 0 Å². The molecule has 1 aliphatic carbocycles. The minimum Gasteiger partial charge on any atom is -0.475 e. The highest BCUT2D eigenvalue weighted by Gasteiger charge is 2.56. The Morgan fingerprint density at radius 2 is 1.97 bits per heavy atom. The third-order valence-electron chi connectivity index (χ3n) is 5.61. The van der Waals surface area contributed by atoms with Gasteiger partial charge in [-0.15, -0.1) is 11.8 Å². The fourth-order valence-corrected chi connectivity index (χ4v) is 5.34. The predicted molar refractivity (Wildman–Crippen MR) is 105 cm³/mol. The molecular weight excluding hydrogens is 440 g/mol. The molecule has 31 heavy (non-hydrogen) atoms. The summed E-state index contributed by atoms with van der Waals surface area (Å²) in [5.41, 5.74) is 0.394. The minimum atomic E-state index is -5.08.